The number of hydrogen-bond acceptors (Lipinski definition) is 6. The summed E-state index contributed by atoms with van der Waals surface area (Å²) in [5, 5.41) is 5.31. The number of imidazole rings is 1. The highest BCUT2D eigenvalue weighted by atomic mass is 16.5. The van der Waals surface area contributed by atoms with E-state index in [2.05, 4.69) is 21.1 Å². The van der Waals surface area contributed by atoms with Gasteiger partial charge in [0.15, 0.2) is 0 Å². The first-order valence-electron chi connectivity index (χ1n) is 11.0. The van der Waals surface area contributed by atoms with Crippen molar-refractivity contribution in [3.8, 4) is 22.6 Å². The summed E-state index contributed by atoms with van der Waals surface area (Å²) in [5.41, 5.74) is 6.42. The summed E-state index contributed by atoms with van der Waals surface area (Å²) in [6.07, 6.45) is 5.44. The summed E-state index contributed by atoms with van der Waals surface area (Å²) < 4.78 is 16.0. The predicted molar refractivity (Wildman–Crippen MR) is 131 cm³/mol. The molecule has 0 radical (unpaired) electrons. The zero-order chi connectivity index (χ0) is 24.0. The Balaban J connectivity index is 1.73. The number of benzene rings is 1. The third-order valence-corrected chi connectivity index (χ3v) is 6.03. The summed E-state index contributed by atoms with van der Waals surface area (Å²) in [4.78, 5) is 22.4. The molecule has 0 aliphatic heterocycles. The molecule has 4 heterocycles. The van der Waals surface area contributed by atoms with Crippen LogP contribution in [0.5, 0.6) is 5.75 Å². The zero-order valence-electron chi connectivity index (χ0n) is 19.9. The monoisotopic (exact) mass is 458 g/mol. The van der Waals surface area contributed by atoms with Crippen molar-refractivity contribution >= 4 is 21.9 Å². The fraction of sp³-hybridized carbons (Fsp3) is 0.280. The standard InChI is InChI=1S/C25H26N6O3/c1-15-22(14-29(3)28-15)31-24-19-10-17(6-7-20(19)27-13-21(24)30(4)25(31)32)18-11-23(16(2)26-12-18)34-9-8-33-5/h6-7,10-14H,8-9H2,1-5H3. The molecule has 0 aliphatic rings. The normalized spacial score (nSPS) is 11.6. The minimum atomic E-state index is -0.142. The lowest BCUT2D eigenvalue weighted by Gasteiger charge is -2.11. The average Bonchev–Trinajstić information content (AvgIpc) is 3.29. The van der Waals surface area contributed by atoms with Crippen LogP contribution in [-0.4, -0.2) is 49.2 Å². The topological polar surface area (TPSA) is 89.0 Å². The summed E-state index contributed by atoms with van der Waals surface area (Å²) in [6, 6.07) is 8.01. The van der Waals surface area contributed by atoms with Gasteiger partial charge in [-0.05, 0) is 37.6 Å². The van der Waals surface area contributed by atoms with E-state index in [0.29, 0.717) is 19.0 Å². The van der Waals surface area contributed by atoms with Gasteiger partial charge in [-0.3, -0.25) is 23.8 Å². The molecule has 9 nitrogen and oxygen atoms in total. The Bertz CT molecular complexity index is 1590. The van der Waals surface area contributed by atoms with Gasteiger partial charge in [0.05, 0.1) is 46.4 Å². The Morgan fingerprint density at radius 2 is 1.79 bits per heavy atom. The molecule has 0 fully saturated rings. The molecule has 1 aromatic carbocycles. The van der Waals surface area contributed by atoms with Gasteiger partial charge in [-0.2, -0.15) is 5.10 Å². The minimum Gasteiger partial charge on any atom is -0.489 e. The molecule has 34 heavy (non-hydrogen) atoms. The molecule has 174 valence electrons. The van der Waals surface area contributed by atoms with Gasteiger partial charge < -0.3 is 9.47 Å². The summed E-state index contributed by atoms with van der Waals surface area (Å²) >= 11 is 0. The molecule has 5 aromatic rings. The molecule has 0 saturated heterocycles. The largest absolute Gasteiger partial charge is 0.489 e. The van der Waals surface area contributed by atoms with Gasteiger partial charge in [-0.25, -0.2) is 4.79 Å². The maximum absolute atomic E-state index is 13.3. The van der Waals surface area contributed by atoms with Gasteiger partial charge >= 0.3 is 5.69 Å². The summed E-state index contributed by atoms with van der Waals surface area (Å²) in [7, 11) is 5.25. The van der Waals surface area contributed by atoms with E-state index in [0.717, 1.165) is 50.1 Å². The quantitative estimate of drug-likeness (QED) is 0.363. The van der Waals surface area contributed by atoms with E-state index in [1.54, 1.807) is 34.2 Å². The third kappa shape index (κ3) is 3.54. The van der Waals surface area contributed by atoms with E-state index in [4.69, 9.17) is 9.47 Å². The second-order valence-electron chi connectivity index (χ2n) is 8.32. The van der Waals surface area contributed by atoms with Crippen LogP contribution in [-0.2, 0) is 18.8 Å². The molecule has 0 aliphatic carbocycles. The molecule has 4 aromatic heterocycles. The average molecular weight is 459 g/mol. The van der Waals surface area contributed by atoms with Crippen LogP contribution in [0.3, 0.4) is 0 Å². The molecule has 0 amide bonds. The van der Waals surface area contributed by atoms with Gasteiger partial charge in [-0.1, -0.05) is 6.07 Å². The maximum atomic E-state index is 13.3. The highest BCUT2D eigenvalue weighted by molar-refractivity contribution is 6.04. The van der Waals surface area contributed by atoms with Crippen LogP contribution in [0.25, 0.3) is 38.8 Å². The number of fused-ring (bicyclic) bond motifs is 3. The van der Waals surface area contributed by atoms with E-state index >= 15 is 0 Å². The van der Waals surface area contributed by atoms with Gasteiger partial charge in [0, 0.05) is 44.5 Å². The van der Waals surface area contributed by atoms with Crippen LogP contribution < -0.4 is 10.4 Å². The molecular weight excluding hydrogens is 432 g/mol. The van der Waals surface area contributed by atoms with Crippen LogP contribution >= 0.6 is 0 Å². The summed E-state index contributed by atoms with van der Waals surface area (Å²) in [5.74, 6) is 0.716. The van der Waals surface area contributed by atoms with Gasteiger partial charge in [-0.15, -0.1) is 0 Å². The molecule has 0 N–H and O–H groups in total. The van der Waals surface area contributed by atoms with Crippen LogP contribution in [0.15, 0.2) is 47.7 Å². The number of hydrogen-bond donors (Lipinski definition) is 0. The van der Waals surface area contributed by atoms with E-state index < -0.39 is 0 Å². The van der Waals surface area contributed by atoms with E-state index in [1.807, 2.05) is 51.5 Å². The Morgan fingerprint density at radius 1 is 0.971 bits per heavy atom. The molecule has 9 heteroatoms. The maximum Gasteiger partial charge on any atom is 0.333 e. The molecule has 0 spiro atoms. The second-order valence-corrected chi connectivity index (χ2v) is 8.32. The highest BCUT2D eigenvalue weighted by Crippen LogP contribution is 2.31. The van der Waals surface area contributed by atoms with Crippen molar-refractivity contribution in [1.29, 1.82) is 0 Å². The van der Waals surface area contributed by atoms with Crippen molar-refractivity contribution in [3.05, 3.63) is 64.7 Å². The van der Waals surface area contributed by atoms with Crippen molar-refractivity contribution in [2.75, 3.05) is 20.3 Å². The fourth-order valence-electron chi connectivity index (χ4n) is 4.26. The Labute approximate surface area is 196 Å². The smallest absolute Gasteiger partial charge is 0.333 e. The first-order chi connectivity index (χ1) is 16.4. The predicted octanol–water partition coefficient (Wildman–Crippen LogP) is 3.31. The molecule has 0 bridgehead atoms. The van der Waals surface area contributed by atoms with Crippen molar-refractivity contribution in [3.63, 3.8) is 0 Å². The van der Waals surface area contributed by atoms with Gasteiger partial charge in [0.1, 0.15) is 12.4 Å². The third-order valence-electron chi connectivity index (χ3n) is 6.03. The molecular formula is C25H26N6O3. The highest BCUT2D eigenvalue weighted by Gasteiger charge is 2.19. The lowest BCUT2D eigenvalue weighted by atomic mass is 10.0. The second kappa shape index (κ2) is 8.42. The molecule has 0 unspecified atom stereocenters. The number of nitrogens with zero attached hydrogens (tertiary/aromatic N) is 6. The van der Waals surface area contributed by atoms with Gasteiger partial charge in [0.2, 0.25) is 0 Å². The van der Waals surface area contributed by atoms with E-state index in [1.165, 1.54) is 0 Å². The van der Waals surface area contributed by atoms with Crippen LogP contribution in [0.4, 0.5) is 0 Å². The molecule has 5 rings (SSSR count). The number of pyridine rings is 2. The first-order valence-corrected chi connectivity index (χ1v) is 11.0. The minimum absolute atomic E-state index is 0.142. The Hall–Kier alpha value is -3.98. The Morgan fingerprint density at radius 3 is 2.53 bits per heavy atom. The molecule has 0 saturated carbocycles. The van der Waals surface area contributed by atoms with Crippen LogP contribution in [0, 0.1) is 13.8 Å². The number of aromatic nitrogens is 6. The number of rotatable bonds is 6. The SMILES string of the molecule is COCCOc1cc(-c2ccc3ncc4c(c3c2)n(-c2cn(C)nc2C)c(=O)n4C)cnc1C. The summed E-state index contributed by atoms with van der Waals surface area (Å²) in [6.45, 7) is 4.77. The van der Waals surface area contributed by atoms with E-state index in [-0.39, 0.29) is 5.69 Å². The number of ether oxygens (including phenoxy) is 2. The number of methoxy groups -OCH3 is 1. The lowest BCUT2D eigenvalue weighted by molar-refractivity contribution is 0.145. The first kappa shape index (κ1) is 21.8. The lowest BCUT2D eigenvalue weighted by Crippen LogP contribution is -2.21. The van der Waals surface area contributed by atoms with Crippen molar-refractivity contribution in [2.45, 2.75) is 13.8 Å². The van der Waals surface area contributed by atoms with Crippen molar-refractivity contribution < 1.29 is 9.47 Å². The zero-order valence-corrected chi connectivity index (χ0v) is 19.9. The van der Waals surface area contributed by atoms with Crippen LogP contribution in [0.1, 0.15) is 11.4 Å². The Kier molecular flexibility index (Phi) is 5.41. The van der Waals surface area contributed by atoms with E-state index in [9.17, 15) is 4.79 Å². The van der Waals surface area contributed by atoms with Crippen molar-refractivity contribution in [1.82, 2.24) is 28.9 Å². The van der Waals surface area contributed by atoms with Crippen LogP contribution in [0.2, 0.25) is 0 Å². The van der Waals surface area contributed by atoms with Crippen molar-refractivity contribution in [2.24, 2.45) is 14.1 Å². The van der Waals surface area contributed by atoms with Gasteiger partial charge in [0.25, 0.3) is 0 Å². The molecule has 0 atom stereocenters. The number of aryl methyl sites for hydroxylation is 4. The fourth-order valence-corrected chi connectivity index (χ4v) is 4.26.